The second-order valence-corrected chi connectivity index (χ2v) is 6.83. The lowest BCUT2D eigenvalue weighted by molar-refractivity contribution is -0.138. The smallest absolute Gasteiger partial charge is 0.303 e. The molecule has 2 aromatic rings. The van der Waals surface area contributed by atoms with Crippen LogP contribution in [-0.4, -0.2) is 49.8 Å². The molecule has 2 N–H and O–H groups in total. The van der Waals surface area contributed by atoms with Gasteiger partial charge in [0.25, 0.3) is 0 Å². The van der Waals surface area contributed by atoms with Crippen LogP contribution in [0.2, 0.25) is 0 Å². The fraction of sp³-hybridized carbons (Fsp3) is 0.615. The van der Waals surface area contributed by atoms with Crippen molar-refractivity contribution in [3.63, 3.8) is 0 Å². The molecule has 2 aromatic heterocycles. The van der Waals surface area contributed by atoms with Gasteiger partial charge in [0.1, 0.15) is 5.01 Å². The van der Waals surface area contributed by atoms with E-state index in [4.69, 9.17) is 5.11 Å². The molecular weight excluding hydrogens is 304 g/mol. The number of aliphatic carboxylic acids is 1. The van der Waals surface area contributed by atoms with Crippen LogP contribution in [0.1, 0.15) is 42.8 Å². The number of aromatic nitrogens is 5. The first kappa shape index (κ1) is 14.9. The molecular formula is C13H18N6O2S. The van der Waals surface area contributed by atoms with Gasteiger partial charge in [-0.1, -0.05) is 25.2 Å². The van der Waals surface area contributed by atoms with Crippen molar-refractivity contribution in [3.8, 4) is 0 Å². The molecule has 118 valence electrons. The Hall–Kier alpha value is -2.03. The van der Waals surface area contributed by atoms with Crippen molar-refractivity contribution in [1.82, 2.24) is 25.6 Å². The summed E-state index contributed by atoms with van der Waals surface area (Å²) in [7, 11) is 0. The number of hydrogen-bond acceptors (Lipinski definition) is 7. The molecule has 1 aliphatic rings. The van der Waals surface area contributed by atoms with Crippen molar-refractivity contribution in [2.45, 2.75) is 32.1 Å². The summed E-state index contributed by atoms with van der Waals surface area (Å²) in [6.45, 7) is 5.51. The summed E-state index contributed by atoms with van der Waals surface area (Å²) in [6, 6.07) is 0. The first-order valence-corrected chi connectivity index (χ1v) is 8.02. The number of carboxylic acid groups (broad SMARTS) is 1. The van der Waals surface area contributed by atoms with Crippen LogP contribution in [0, 0.1) is 5.92 Å². The lowest BCUT2D eigenvalue weighted by atomic mass is 9.91. The number of nitrogens with one attached hydrogen (secondary N) is 1. The number of hydrogen-bond donors (Lipinski definition) is 2. The molecule has 9 heteroatoms. The van der Waals surface area contributed by atoms with Crippen LogP contribution in [0.3, 0.4) is 0 Å². The van der Waals surface area contributed by atoms with E-state index >= 15 is 0 Å². The van der Waals surface area contributed by atoms with Gasteiger partial charge in [-0.25, -0.2) is 0 Å². The average Bonchev–Trinajstić information content (AvgIpc) is 3.18. The van der Waals surface area contributed by atoms with Crippen LogP contribution >= 0.6 is 11.3 Å². The van der Waals surface area contributed by atoms with E-state index in [2.05, 4.69) is 44.4 Å². The molecule has 0 radical (unpaired) electrons. The molecule has 3 heterocycles. The maximum Gasteiger partial charge on any atom is 0.303 e. The fourth-order valence-electron chi connectivity index (χ4n) is 2.77. The number of aromatic amines is 1. The minimum atomic E-state index is -0.791. The summed E-state index contributed by atoms with van der Waals surface area (Å²) >= 11 is 1.57. The third-order valence-corrected chi connectivity index (χ3v) is 5.17. The van der Waals surface area contributed by atoms with Gasteiger partial charge in [0.05, 0.1) is 18.3 Å². The molecule has 0 aliphatic carbocycles. The summed E-state index contributed by atoms with van der Waals surface area (Å²) in [6.07, 6.45) is 1.78. The molecule has 3 rings (SSSR count). The number of nitrogens with zero attached hydrogens (tertiary/aromatic N) is 5. The lowest BCUT2D eigenvalue weighted by Crippen LogP contribution is -2.20. The number of carboxylic acids is 1. The molecule has 2 atom stereocenters. The molecule has 0 amide bonds. The third kappa shape index (κ3) is 2.94. The Morgan fingerprint density at radius 3 is 2.91 bits per heavy atom. The number of carbonyl (C=O) groups is 1. The second-order valence-electron chi connectivity index (χ2n) is 5.84. The van der Waals surface area contributed by atoms with Crippen LogP contribution in [0.15, 0.2) is 6.20 Å². The number of rotatable bonds is 5. The predicted molar refractivity (Wildman–Crippen MR) is 81.1 cm³/mol. The number of H-pyrrole nitrogens is 1. The third-order valence-electron chi connectivity index (χ3n) is 3.89. The highest BCUT2D eigenvalue weighted by atomic mass is 32.1. The van der Waals surface area contributed by atoms with Crippen LogP contribution in [-0.2, 0) is 4.79 Å². The van der Waals surface area contributed by atoms with Gasteiger partial charge < -0.3 is 10.0 Å². The van der Waals surface area contributed by atoms with E-state index in [1.165, 1.54) is 0 Å². The Morgan fingerprint density at radius 2 is 2.32 bits per heavy atom. The standard InChI is InChI=1S/C13H18N6O2S/c1-7(2)12-16-17-13(22-12)19-5-8(3-11(20)21)9(6-19)10-4-14-18-15-10/h4,7-9H,3,5-6H2,1-2H3,(H,20,21)(H,14,15,18)/t8-,9+/m0/s1. The van der Waals surface area contributed by atoms with Gasteiger partial charge in [0, 0.05) is 24.9 Å². The highest BCUT2D eigenvalue weighted by Gasteiger charge is 2.38. The largest absolute Gasteiger partial charge is 0.481 e. The van der Waals surface area contributed by atoms with Crippen LogP contribution in [0.25, 0.3) is 0 Å². The minimum Gasteiger partial charge on any atom is -0.481 e. The number of anilines is 1. The zero-order valence-electron chi connectivity index (χ0n) is 12.4. The molecule has 0 bridgehead atoms. The zero-order valence-corrected chi connectivity index (χ0v) is 13.2. The van der Waals surface area contributed by atoms with Gasteiger partial charge in [0.2, 0.25) is 5.13 Å². The monoisotopic (exact) mass is 322 g/mol. The van der Waals surface area contributed by atoms with Crippen LogP contribution < -0.4 is 4.90 Å². The predicted octanol–water partition coefficient (Wildman–Crippen LogP) is 1.47. The van der Waals surface area contributed by atoms with E-state index in [1.54, 1.807) is 17.5 Å². The molecule has 0 aromatic carbocycles. The summed E-state index contributed by atoms with van der Waals surface area (Å²) in [5.74, 6) is -0.411. The van der Waals surface area contributed by atoms with Gasteiger partial charge in [-0.05, 0) is 5.92 Å². The van der Waals surface area contributed by atoms with E-state index < -0.39 is 5.97 Å². The first-order chi connectivity index (χ1) is 10.5. The maximum atomic E-state index is 11.1. The summed E-state index contributed by atoms with van der Waals surface area (Å²) in [5.41, 5.74) is 0.808. The highest BCUT2D eigenvalue weighted by Crippen LogP contribution is 2.37. The van der Waals surface area contributed by atoms with Gasteiger partial charge in [-0.15, -0.1) is 10.2 Å². The Kier molecular flexibility index (Phi) is 4.06. The SMILES string of the molecule is CC(C)c1nnc(N2C[C@H](CC(=O)O)[C@H](c3cn[nH]n3)C2)s1. The van der Waals surface area contributed by atoms with E-state index in [-0.39, 0.29) is 18.3 Å². The maximum absolute atomic E-state index is 11.1. The molecule has 0 unspecified atom stereocenters. The van der Waals surface area contributed by atoms with Gasteiger partial charge in [-0.3, -0.25) is 4.79 Å². The van der Waals surface area contributed by atoms with Crippen molar-refractivity contribution >= 4 is 22.4 Å². The average molecular weight is 322 g/mol. The summed E-state index contributed by atoms with van der Waals surface area (Å²) < 4.78 is 0. The van der Waals surface area contributed by atoms with Crippen molar-refractivity contribution in [2.75, 3.05) is 18.0 Å². The Bertz CT molecular complexity index is 641. The van der Waals surface area contributed by atoms with Crippen molar-refractivity contribution in [2.24, 2.45) is 5.92 Å². The molecule has 0 saturated carbocycles. The van der Waals surface area contributed by atoms with Gasteiger partial charge in [-0.2, -0.15) is 15.4 Å². The second kappa shape index (κ2) is 5.99. The van der Waals surface area contributed by atoms with E-state index in [1.807, 2.05) is 0 Å². The zero-order chi connectivity index (χ0) is 15.7. The van der Waals surface area contributed by atoms with Gasteiger partial charge >= 0.3 is 5.97 Å². The Labute approximate surface area is 131 Å². The fourth-order valence-corrected chi connectivity index (χ4v) is 3.63. The molecule has 1 fully saturated rings. The molecule has 22 heavy (non-hydrogen) atoms. The summed E-state index contributed by atoms with van der Waals surface area (Å²) in [5, 5.41) is 30.0. The van der Waals surface area contributed by atoms with E-state index in [0.717, 1.165) is 15.8 Å². The van der Waals surface area contributed by atoms with Gasteiger partial charge in [0.15, 0.2) is 0 Å². The Balaban J connectivity index is 1.81. The molecule has 1 aliphatic heterocycles. The lowest BCUT2D eigenvalue weighted by Gasteiger charge is -2.13. The van der Waals surface area contributed by atoms with E-state index in [0.29, 0.717) is 19.0 Å². The molecule has 1 saturated heterocycles. The quantitative estimate of drug-likeness (QED) is 0.858. The summed E-state index contributed by atoms with van der Waals surface area (Å²) in [4.78, 5) is 13.2. The van der Waals surface area contributed by atoms with Crippen LogP contribution in [0.5, 0.6) is 0 Å². The van der Waals surface area contributed by atoms with Crippen LogP contribution in [0.4, 0.5) is 5.13 Å². The van der Waals surface area contributed by atoms with Crippen molar-refractivity contribution in [3.05, 3.63) is 16.9 Å². The van der Waals surface area contributed by atoms with E-state index in [9.17, 15) is 4.79 Å². The topological polar surface area (TPSA) is 108 Å². The molecule has 8 nitrogen and oxygen atoms in total. The van der Waals surface area contributed by atoms with Crippen molar-refractivity contribution < 1.29 is 9.90 Å². The molecule has 0 spiro atoms. The highest BCUT2D eigenvalue weighted by molar-refractivity contribution is 7.15. The Morgan fingerprint density at radius 1 is 1.50 bits per heavy atom. The minimum absolute atomic E-state index is 0.00556. The van der Waals surface area contributed by atoms with Crippen molar-refractivity contribution in [1.29, 1.82) is 0 Å². The first-order valence-electron chi connectivity index (χ1n) is 7.20. The normalized spacial score (nSPS) is 21.7.